The Bertz CT molecular complexity index is 605. The molecule has 0 bridgehead atoms. The first-order chi connectivity index (χ1) is 8.72. The number of hydrogen-bond donors (Lipinski definition) is 1. The summed E-state index contributed by atoms with van der Waals surface area (Å²) >= 11 is 3.34. The maximum Gasteiger partial charge on any atom is 0.128 e. The Hall–Kier alpha value is -1.83. The van der Waals surface area contributed by atoms with Crippen LogP contribution in [0, 0.1) is 11.3 Å². The van der Waals surface area contributed by atoms with E-state index in [0.717, 1.165) is 10.0 Å². The molecule has 0 radical (unpaired) electrons. The van der Waals surface area contributed by atoms with Crippen molar-refractivity contribution in [1.82, 2.24) is 0 Å². The lowest BCUT2D eigenvalue weighted by atomic mass is 10.2. The molecule has 0 spiro atoms. The monoisotopic (exact) mass is 303 g/mol. The highest BCUT2D eigenvalue weighted by molar-refractivity contribution is 9.10. The molecule has 0 aliphatic heterocycles. The Morgan fingerprint density at radius 2 is 1.94 bits per heavy atom. The molecule has 18 heavy (non-hydrogen) atoms. The SMILES string of the molecule is N#Cc1cccc(Oc2ccc(Br)c(CO)c2)c1. The van der Waals surface area contributed by atoms with Crippen molar-refractivity contribution in [3.63, 3.8) is 0 Å². The summed E-state index contributed by atoms with van der Waals surface area (Å²) in [6.07, 6.45) is 0. The maximum atomic E-state index is 9.16. The summed E-state index contributed by atoms with van der Waals surface area (Å²) in [5.41, 5.74) is 1.30. The van der Waals surface area contributed by atoms with E-state index in [1.165, 1.54) is 0 Å². The molecule has 0 heterocycles. The van der Waals surface area contributed by atoms with Gasteiger partial charge >= 0.3 is 0 Å². The molecule has 0 aromatic heterocycles. The average Bonchev–Trinajstić information content (AvgIpc) is 2.41. The number of ether oxygens (including phenoxy) is 1. The second-order valence-corrected chi connectivity index (χ2v) is 4.51. The smallest absolute Gasteiger partial charge is 0.128 e. The predicted octanol–water partition coefficient (Wildman–Crippen LogP) is 3.61. The van der Waals surface area contributed by atoms with Crippen molar-refractivity contribution in [3.8, 4) is 17.6 Å². The summed E-state index contributed by atoms with van der Waals surface area (Å²) < 4.78 is 6.47. The third-order valence-electron chi connectivity index (χ3n) is 2.39. The van der Waals surface area contributed by atoms with Crippen LogP contribution in [0.5, 0.6) is 11.5 Å². The standard InChI is InChI=1S/C14H10BrNO2/c15-14-5-4-13(7-11(14)9-17)18-12-3-1-2-10(6-12)8-16/h1-7,17H,9H2. The van der Waals surface area contributed by atoms with Gasteiger partial charge in [0.1, 0.15) is 11.5 Å². The highest BCUT2D eigenvalue weighted by Crippen LogP contribution is 2.27. The normalized spacial score (nSPS) is 9.83. The third kappa shape index (κ3) is 2.89. The van der Waals surface area contributed by atoms with Crippen LogP contribution in [0.3, 0.4) is 0 Å². The molecule has 0 aliphatic rings. The maximum absolute atomic E-state index is 9.16. The number of nitriles is 1. The molecule has 0 unspecified atom stereocenters. The van der Waals surface area contributed by atoms with Crippen LogP contribution in [0.15, 0.2) is 46.9 Å². The van der Waals surface area contributed by atoms with Gasteiger partial charge in [0.05, 0.1) is 18.2 Å². The first kappa shape index (κ1) is 12.6. The van der Waals surface area contributed by atoms with Crippen molar-refractivity contribution >= 4 is 15.9 Å². The van der Waals surface area contributed by atoms with Crippen LogP contribution < -0.4 is 4.74 Å². The molecule has 2 aromatic carbocycles. The van der Waals surface area contributed by atoms with Gasteiger partial charge in [-0.05, 0) is 42.0 Å². The quantitative estimate of drug-likeness (QED) is 0.942. The molecule has 4 heteroatoms. The van der Waals surface area contributed by atoms with Gasteiger partial charge in [-0.25, -0.2) is 0 Å². The van der Waals surface area contributed by atoms with E-state index in [1.54, 1.807) is 36.4 Å². The van der Waals surface area contributed by atoms with Crippen molar-refractivity contribution in [3.05, 3.63) is 58.1 Å². The van der Waals surface area contributed by atoms with Crippen LogP contribution in [-0.4, -0.2) is 5.11 Å². The average molecular weight is 304 g/mol. The highest BCUT2D eigenvalue weighted by Gasteiger charge is 2.03. The number of aliphatic hydroxyl groups excluding tert-OH is 1. The summed E-state index contributed by atoms with van der Waals surface area (Å²) in [4.78, 5) is 0. The molecular formula is C14H10BrNO2. The molecule has 0 fully saturated rings. The van der Waals surface area contributed by atoms with E-state index in [2.05, 4.69) is 22.0 Å². The topological polar surface area (TPSA) is 53.2 Å². The summed E-state index contributed by atoms with van der Waals surface area (Å²) in [6, 6.07) is 14.3. The Morgan fingerprint density at radius 3 is 2.67 bits per heavy atom. The Kier molecular flexibility index (Phi) is 3.98. The second kappa shape index (κ2) is 5.67. The van der Waals surface area contributed by atoms with E-state index in [1.807, 2.05) is 6.07 Å². The largest absolute Gasteiger partial charge is 0.457 e. The minimum Gasteiger partial charge on any atom is -0.457 e. The van der Waals surface area contributed by atoms with Gasteiger partial charge in [0.15, 0.2) is 0 Å². The zero-order valence-corrected chi connectivity index (χ0v) is 11.0. The number of hydrogen-bond acceptors (Lipinski definition) is 3. The highest BCUT2D eigenvalue weighted by atomic mass is 79.9. The summed E-state index contributed by atoms with van der Waals surface area (Å²) in [5, 5.41) is 18.0. The van der Waals surface area contributed by atoms with Gasteiger partial charge in [-0.3, -0.25) is 0 Å². The zero-order chi connectivity index (χ0) is 13.0. The fourth-order valence-corrected chi connectivity index (χ4v) is 1.87. The van der Waals surface area contributed by atoms with E-state index >= 15 is 0 Å². The molecule has 0 aliphatic carbocycles. The van der Waals surface area contributed by atoms with Gasteiger partial charge in [0, 0.05) is 4.47 Å². The van der Waals surface area contributed by atoms with Gasteiger partial charge in [0.25, 0.3) is 0 Å². The third-order valence-corrected chi connectivity index (χ3v) is 3.16. The van der Waals surface area contributed by atoms with Crippen molar-refractivity contribution in [2.75, 3.05) is 0 Å². The number of nitrogens with zero attached hydrogens (tertiary/aromatic N) is 1. The van der Waals surface area contributed by atoms with Crippen LogP contribution in [0.25, 0.3) is 0 Å². The molecule has 0 saturated carbocycles. The molecular weight excluding hydrogens is 294 g/mol. The van der Waals surface area contributed by atoms with Gasteiger partial charge in [0.2, 0.25) is 0 Å². The fourth-order valence-electron chi connectivity index (χ4n) is 1.50. The van der Waals surface area contributed by atoms with Crippen molar-refractivity contribution < 1.29 is 9.84 Å². The second-order valence-electron chi connectivity index (χ2n) is 3.65. The van der Waals surface area contributed by atoms with Crippen molar-refractivity contribution in [2.24, 2.45) is 0 Å². The molecule has 2 aromatic rings. The van der Waals surface area contributed by atoms with Gasteiger partial charge in [-0.15, -0.1) is 0 Å². The molecule has 0 saturated heterocycles. The Balaban J connectivity index is 2.26. The van der Waals surface area contributed by atoms with Crippen LogP contribution in [0.4, 0.5) is 0 Å². The van der Waals surface area contributed by atoms with E-state index in [-0.39, 0.29) is 6.61 Å². The van der Waals surface area contributed by atoms with E-state index in [4.69, 9.17) is 15.1 Å². The first-order valence-electron chi connectivity index (χ1n) is 5.30. The lowest BCUT2D eigenvalue weighted by molar-refractivity contribution is 0.280. The van der Waals surface area contributed by atoms with Crippen molar-refractivity contribution in [1.29, 1.82) is 5.26 Å². The molecule has 0 atom stereocenters. The van der Waals surface area contributed by atoms with E-state index < -0.39 is 0 Å². The predicted molar refractivity (Wildman–Crippen MR) is 71.3 cm³/mol. The van der Waals surface area contributed by atoms with Crippen molar-refractivity contribution in [2.45, 2.75) is 6.61 Å². The number of rotatable bonds is 3. The minimum absolute atomic E-state index is 0.0595. The molecule has 0 amide bonds. The summed E-state index contributed by atoms with van der Waals surface area (Å²) in [6.45, 7) is -0.0595. The molecule has 90 valence electrons. The van der Waals surface area contributed by atoms with E-state index in [9.17, 15) is 0 Å². The Labute approximate surface area is 113 Å². The number of benzene rings is 2. The van der Waals surface area contributed by atoms with Crippen LogP contribution >= 0.6 is 15.9 Å². The van der Waals surface area contributed by atoms with Gasteiger partial charge in [-0.1, -0.05) is 22.0 Å². The van der Waals surface area contributed by atoms with Gasteiger partial charge < -0.3 is 9.84 Å². The van der Waals surface area contributed by atoms with Crippen LogP contribution in [0.1, 0.15) is 11.1 Å². The Morgan fingerprint density at radius 1 is 1.17 bits per heavy atom. The minimum atomic E-state index is -0.0595. The molecule has 1 N–H and O–H groups in total. The summed E-state index contributed by atoms with van der Waals surface area (Å²) in [5.74, 6) is 1.22. The van der Waals surface area contributed by atoms with Crippen LogP contribution in [0.2, 0.25) is 0 Å². The van der Waals surface area contributed by atoms with Crippen LogP contribution in [-0.2, 0) is 6.61 Å². The van der Waals surface area contributed by atoms with Gasteiger partial charge in [-0.2, -0.15) is 5.26 Å². The molecule has 2 rings (SSSR count). The molecule has 3 nitrogen and oxygen atoms in total. The fraction of sp³-hybridized carbons (Fsp3) is 0.0714. The zero-order valence-electron chi connectivity index (χ0n) is 9.43. The number of halogens is 1. The summed E-state index contributed by atoms with van der Waals surface area (Å²) in [7, 11) is 0. The number of aliphatic hydroxyl groups is 1. The lowest BCUT2D eigenvalue weighted by Crippen LogP contribution is -1.89. The first-order valence-corrected chi connectivity index (χ1v) is 6.09. The van der Waals surface area contributed by atoms with E-state index in [0.29, 0.717) is 17.1 Å². The lowest BCUT2D eigenvalue weighted by Gasteiger charge is -2.08.